The van der Waals surface area contributed by atoms with Gasteiger partial charge in [-0.15, -0.1) is 0 Å². The highest BCUT2D eigenvalue weighted by Gasteiger charge is 2.03. The normalized spacial score (nSPS) is 10.7. The van der Waals surface area contributed by atoms with Crippen LogP contribution in [0.25, 0.3) is 0 Å². The number of rotatable bonds is 5. The fourth-order valence-corrected chi connectivity index (χ4v) is 2.40. The molecule has 2 aromatic carbocycles. The van der Waals surface area contributed by atoms with E-state index in [9.17, 15) is 9.18 Å². The highest BCUT2D eigenvalue weighted by atomic mass is 79.9. The Morgan fingerprint density at radius 1 is 1.27 bits per heavy atom. The second-order valence-electron chi connectivity index (χ2n) is 4.32. The van der Waals surface area contributed by atoms with Crippen LogP contribution in [0.4, 0.5) is 10.1 Å². The molecule has 2 rings (SSSR count). The zero-order valence-electron chi connectivity index (χ0n) is 11.3. The highest BCUT2D eigenvalue weighted by molar-refractivity contribution is 9.10. The molecule has 0 aliphatic carbocycles. The standard InChI is InChI=1S/C15H12BrClFN3O/c16-13-7-11(17)3-6-14(13)19-9-15(22)21-20-8-10-1-4-12(18)5-2-10/h1-8,19H,9H2,(H,21,22). The Bertz CT molecular complexity index is 692. The zero-order chi connectivity index (χ0) is 15.9. The van der Waals surface area contributed by atoms with Gasteiger partial charge < -0.3 is 5.32 Å². The van der Waals surface area contributed by atoms with Gasteiger partial charge in [-0.3, -0.25) is 4.79 Å². The minimum absolute atomic E-state index is 0.0565. The maximum atomic E-state index is 12.7. The average Bonchev–Trinajstić information content (AvgIpc) is 2.48. The molecule has 22 heavy (non-hydrogen) atoms. The quantitative estimate of drug-likeness (QED) is 0.608. The van der Waals surface area contributed by atoms with Crippen molar-refractivity contribution in [1.29, 1.82) is 0 Å². The second-order valence-corrected chi connectivity index (χ2v) is 5.61. The van der Waals surface area contributed by atoms with E-state index in [1.165, 1.54) is 18.3 Å². The van der Waals surface area contributed by atoms with E-state index in [1.807, 2.05) is 0 Å². The van der Waals surface area contributed by atoms with E-state index in [4.69, 9.17) is 11.6 Å². The SMILES string of the molecule is O=C(CNc1ccc(Cl)cc1Br)NN=Cc1ccc(F)cc1. The van der Waals surface area contributed by atoms with Gasteiger partial charge in [0.05, 0.1) is 12.8 Å². The van der Waals surface area contributed by atoms with Crippen LogP contribution in [0.5, 0.6) is 0 Å². The van der Waals surface area contributed by atoms with E-state index in [0.29, 0.717) is 10.6 Å². The number of hydrazone groups is 1. The summed E-state index contributed by atoms with van der Waals surface area (Å²) in [5, 5.41) is 7.36. The molecule has 0 unspecified atom stereocenters. The molecule has 0 aromatic heterocycles. The van der Waals surface area contributed by atoms with E-state index in [1.54, 1.807) is 30.3 Å². The molecule has 0 aliphatic rings. The molecule has 0 aliphatic heterocycles. The van der Waals surface area contributed by atoms with Gasteiger partial charge >= 0.3 is 0 Å². The highest BCUT2D eigenvalue weighted by Crippen LogP contribution is 2.25. The van der Waals surface area contributed by atoms with Gasteiger partial charge in [-0.1, -0.05) is 23.7 Å². The van der Waals surface area contributed by atoms with Gasteiger partial charge in [0.1, 0.15) is 5.82 Å². The van der Waals surface area contributed by atoms with Gasteiger partial charge in [-0.25, -0.2) is 9.82 Å². The second kappa shape index (κ2) is 7.91. The minimum atomic E-state index is -0.320. The molecule has 2 aromatic rings. The zero-order valence-corrected chi connectivity index (χ0v) is 13.7. The van der Waals surface area contributed by atoms with Gasteiger partial charge in [0, 0.05) is 15.2 Å². The molecular formula is C15H12BrClFN3O. The molecule has 0 fully saturated rings. The fourth-order valence-electron chi connectivity index (χ4n) is 1.58. The van der Waals surface area contributed by atoms with Crippen LogP contribution < -0.4 is 10.7 Å². The van der Waals surface area contributed by atoms with E-state index in [2.05, 4.69) is 31.8 Å². The van der Waals surface area contributed by atoms with Crippen molar-refractivity contribution >= 4 is 45.3 Å². The molecule has 0 heterocycles. The Morgan fingerprint density at radius 2 is 2.00 bits per heavy atom. The molecule has 0 bridgehead atoms. The average molecular weight is 385 g/mol. The number of carbonyl (C=O) groups excluding carboxylic acids is 1. The topological polar surface area (TPSA) is 53.5 Å². The summed E-state index contributed by atoms with van der Waals surface area (Å²) < 4.78 is 13.5. The Morgan fingerprint density at radius 3 is 2.68 bits per heavy atom. The van der Waals surface area contributed by atoms with Crippen molar-refractivity contribution in [1.82, 2.24) is 5.43 Å². The number of anilines is 1. The van der Waals surface area contributed by atoms with Crippen LogP contribution in [0.3, 0.4) is 0 Å². The first-order valence-corrected chi connectivity index (χ1v) is 7.48. The maximum absolute atomic E-state index is 12.7. The summed E-state index contributed by atoms with van der Waals surface area (Å²) in [6.45, 7) is 0.0565. The monoisotopic (exact) mass is 383 g/mol. The van der Waals surface area contributed by atoms with E-state index < -0.39 is 0 Å². The van der Waals surface area contributed by atoms with Crippen LogP contribution in [-0.2, 0) is 4.79 Å². The van der Waals surface area contributed by atoms with Crippen LogP contribution >= 0.6 is 27.5 Å². The summed E-state index contributed by atoms with van der Waals surface area (Å²) >= 11 is 9.18. The number of amides is 1. The minimum Gasteiger partial charge on any atom is -0.375 e. The molecule has 0 atom stereocenters. The smallest absolute Gasteiger partial charge is 0.259 e. The molecule has 0 saturated heterocycles. The Kier molecular flexibility index (Phi) is 5.91. The van der Waals surface area contributed by atoms with Crippen molar-refractivity contribution in [3.8, 4) is 0 Å². The summed E-state index contributed by atoms with van der Waals surface area (Å²) in [5.41, 5.74) is 3.82. The number of hydrogen-bond acceptors (Lipinski definition) is 3. The van der Waals surface area contributed by atoms with Gasteiger partial charge in [0.2, 0.25) is 0 Å². The summed E-state index contributed by atoms with van der Waals surface area (Å²) in [6, 6.07) is 11.0. The lowest BCUT2D eigenvalue weighted by molar-refractivity contribution is -0.119. The van der Waals surface area contributed by atoms with Crippen molar-refractivity contribution in [3.63, 3.8) is 0 Å². The third-order valence-electron chi connectivity index (χ3n) is 2.64. The lowest BCUT2D eigenvalue weighted by Crippen LogP contribution is -2.26. The van der Waals surface area contributed by atoms with Crippen LogP contribution in [0.2, 0.25) is 5.02 Å². The lowest BCUT2D eigenvalue weighted by Gasteiger charge is -2.07. The number of halogens is 3. The molecule has 4 nitrogen and oxygen atoms in total. The maximum Gasteiger partial charge on any atom is 0.259 e. The molecule has 1 amide bonds. The number of nitrogens with one attached hydrogen (secondary N) is 2. The molecule has 2 N–H and O–H groups in total. The van der Waals surface area contributed by atoms with Crippen LogP contribution in [-0.4, -0.2) is 18.7 Å². The summed E-state index contributed by atoms with van der Waals surface area (Å²) in [7, 11) is 0. The fraction of sp³-hybridized carbons (Fsp3) is 0.0667. The van der Waals surface area contributed by atoms with Crippen LogP contribution in [0, 0.1) is 5.82 Å². The van der Waals surface area contributed by atoms with E-state index in [-0.39, 0.29) is 18.3 Å². The number of carbonyl (C=O) groups is 1. The lowest BCUT2D eigenvalue weighted by atomic mass is 10.2. The third kappa shape index (κ3) is 5.13. The first-order chi connectivity index (χ1) is 10.5. The predicted molar refractivity (Wildman–Crippen MR) is 89.8 cm³/mol. The first-order valence-electron chi connectivity index (χ1n) is 6.31. The summed E-state index contributed by atoms with van der Waals surface area (Å²) in [6.07, 6.45) is 1.44. The summed E-state index contributed by atoms with van der Waals surface area (Å²) in [4.78, 5) is 11.7. The van der Waals surface area contributed by atoms with Crippen molar-refractivity contribution in [3.05, 3.63) is 63.3 Å². The van der Waals surface area contributed by atoms with Crippen molar-refractivity contribution in [2.75, 3.05) is 11.9 Å². The van der Waals surface area contributed by atoms with Crippen molar-refractivity contribution < 1.29 is 9.18 Å². The molecule has 7 heteroatoms. The van der Waals surface area contributed by atoms with Gasteiger partial charge in [-0.2, -0.15) is 5.10 Å². The predicted octanol–water partition coefficient (Wildman–Crippen LogP) is 3.80. The molecule has 0 spiro atoms. The Labute approximate surface area is 140 Å². The van der Waals surface area contributed by atoms with Crippen molar-refractivity contribution in [2.24, 2.45) is 5.10 Å². The summed E-state index contributed by atoms with van der Waals surface area (Å²) in [5.74, 6) is -0.626. The van der Waals surface area contributed by atoms with Crippen LogP contribution in [0.1, 0.15) is 5.56 Å². The van der Waals surface area contributed by atoms with E-state index >= 15 is 0 Å². The van der Waals surface area contributed by atoms with Gasteiger partial charge in [-0.05, 0) is 51.8 Å². The number of hydrogen-bond donors (Lipinski definition) is 2. The van der Waals surface area contributed by atoms with E-state index in [0.717, 1.165) is 10.2 Å². The van der Waals surface area contributed by atoms with Crippen LogP contribution in [0.15, 0.2) is 52.0 Å². The first kappa shape index (κ1) is 16.5. The Balaban J connectivity index is 1.81. The van der Waals surface area contributed by atoms with Gasteiger partial charge in [0.15, 0.2) is 0 Å². The number of benzene rings is 2. The van der Waals surface area contributed by atoms with Crippen molar-refractivity contribution in [2.45, 2.75) is 0 Å². The molecule has 0 saturated carbocycles. The largest absolute Gasteiger partial charge is 0.375 e. The molecular weight excluding hydrogens is 373 g/mol. The number of nitrogens with zero attached hydrogens (tertiary/aromatic N) is 1. The Hall–Kier alpha value is -1.92. The van der Waals surface area contributed by atoms with Gasteiger partial charge in [0.25, 0.3) is 5.91 Å². The molecule has 114 valence electrons. The third-order valence-corrected chi connectivity index (χ3v) is 3.53. The molecule has 0 radical (unpaired) electrons.